The standard InChI is InChI=1S/C58H111NO8/c1-3-5-7-9-11-13-15-16-17-18-19-20-21-22-23-24-25-26-27-28-29-30-31-32-33-34-35-36-37-38-40-42-44-46-48-54(62)59-51(50-66-58-57(65)56(64)55(63)53(49-60)67-58)52(61)47-45-43-41-39-14-12-10-8-6-4-2/h14,39,45,47,51-53,55-58,60-61,63-65H,3-13,15-38,40-44,46,48-50H2,1-2H3,(H,59,62)/b39-14+,47-45+. The number of hydrogen-bond acceptors (Lipinski definition) is 8. The van der Waals surface area contributed by atoms with Gasteiger partial charge in [-0.25, -0.2) is 0 Å². The van der Waals surface area contributed by atoms with E-state index in [-0.39, 0.29) is 12.5 Å². The van der Waals surface area contributed by atoms with Crippen molar-refractivity contribution in [3.63, 3.8) is 0 Å². The van der Waals surface area contributed by atoms with Crippen molar-refractivity contribution in [2.45, 2.75) is 326 Å². The molecule has 0 aliphatic carbocycles. The molecule has 9 nitrogen and oxygen atoms in total. The third-order valence-corrected chi connectivity index (χ3v) is 14.0. The van der Waals surface area contributed by atoms with Gasteiger partial charge >= 0.3 is 0 Å². The lowest BCUT2D eigenvalue weighted by Gasteiger charge is -2.40. The van der Waals surface area contributed by atoms with Gasteiger partial charge in [-0.05, 0) is 32.1 Å². The molecule has 1 amide bonds. The first-order valence-electron chi connectivity index (χ1n) is 29.1. The summed E-state index contributed by atoms with van der Waals surface area (Å²) in [5, 5.41) is 54.2. The largest absolute Gasteiger partial charge is 0.394 e. The van der Waals surface area contributed by atoms with E-state index in [1.54, 1.807) is 6.08 Å². The molecule has 1 aliphatic heterocycles. The average molecular weight is 951 g/mol. The monoisotopic (exact) mass is 950 g/mol. The number of allylic oxidation sites excluding steroid dienone is 3. The van der Waals surface area contributed by atoms with Crippen LogP contribution < -0.4 is 5.32 Å². The topological polar surface area (TPSA) is 149 Å². The van der Waals surface area contributed by atoms with Crippen molar-refractivity contribution in [3.8, 4) is 0 Å². The number of carbonyl (C=O) groups is 1. The van der Waals surface area contributed by atoms with Crippen LogP contribution in [0.15, 0.2) is 24.3 Å². The van der Waals surface area contributed by atoms with Crippen molar-refractivity contribution in [1.29, 1.82) is 0 Å². The fourth-order valence-corrected chi connectivity index (χ4v) is 9.41. The molecule has 1 saturated heterocycles. The minimum Gasteiger partial charge on any atom is -0.394 e. The number of aliphatic hydroxyl groups is 5. The van der Waals surface area contributed by atoms with Crippen LogP contribution in [0.1, 0.15) is 284 Å². The molecule has 0 bridgehead atoms. The van der Waals surface area contributed by atoms with Gasteiger partial charge in [0.15, 0.2) is 6.29 Å². The predicted octanol–water partition coefficient (Wildman–Crippen LogP) is 14.2. The Hall–Kier alpha value is -1.33. The molecule has 0 aromatic heterocycles. The Balaban J connectivity index is 2.04. The molecule has 7 unspecified atom stereocenters. The van der Waals surface area contributed by atoms with Gasteiger partial charge in [-0.1, -0.05) is 269 Å². The number of carbonyl (C=O) groups excluding carboxylic acids is 1. The van der Waals surface area contributed by atoms with Crippen LogP contribution >= 0.6 is 0 Å². The summed E-state index contributed by atoms with van der Waals surface area (Å²) in [6, 6.07) is -0.816. The minimum atomic E-state index is -1.57. The van der Waals surface area contributed by atoms with E-state index in [0.29, 0.717) is 6.42 Å². The Bertz CT molecular complexity index is 1100. The maximum Gasteiger partial charge on any atom is 0.220 e. The highest BCUT2D eigenvalue weighted by Crippen LogP contribution is 2.23. The lowest BCUT2D eigenvalue weighted by atomic mass is 9.99. The molecular weight excluding hydrogens is 839 g/mol. The van der Waals surface area contributed by atoms with Crippen LogP contribution in [0.4, 0.5) is 0 Å². The van der Waals surface area contributed by atoms with Gasteiger partial charge in [-0.2, -0.15) is 0 Å². The second kappa shape index (κ2) is 48.3. The number of aliphatic hydroxyl groups excluding tert-OH is 5. The third kappa shape index (κ3) is 38.1. The second-order valence-corrected chi connectivity index (χ2v) is 20.4. The smallest absolute Gasteiger partial charge is 0.220 e. The minimum absolute atomic E-state index is 0.184. The summed E-state index contributed by atoms with van der Waals surface area (Å²) in [4.78, 5) is 13.0. The van der Waals surface area contributed by atoms with Crippen molar-refractivity contribution in [3.05, 3.63) is 24.3 Å². The van der Waals surface area contributed by atoms with E-state index in [9.17, 15) is 30.3 Å². The maximum atomic E-state index is 13.0. The first kappa shape index (κ1) is 63.7. The van der Waals surface area contributed by atoms with E-state index in [1.165, 1.54) is 225 Å². The molecular formula is C58H111NO8. The van der Waals surface area contributed by atoms with Crippen LogP contribution in [0.25, 0.3) is 0 Å². The molecule has 67 heavy (non-hydrogen) atoms. The van der Waals surface area contributed by atoms with Crippen LogP contribution in [0.2, 0.25) is 0 Å². The van der Waals surface area contributed by atoms with Gasteiger partial charge in [0.2, 0.25) is 5.91 Å². The van der Waals surface area contributed by atoms with Gasteiger partial charge in [0.05, 0.1) is 25.4 Å². The third-order valence-electron chi connectivity index (χ3n) is 14.0. The zero-order valence-electron chi connectivity index (χ0n) is 43.9. The van der Waals surface area contributed by atoms with Gasteiger partial charge in [0.25, 0.3) is 0 Å². The van der Waals surface area contributed by atoms with Crippen molar-refractivity contribution < 1.29 is 39.8 Å². The van der Waals surface area contributed by atoms with Crippen molar-refractivity contribution in [1.82, 2.24) is 5.32 Å². The Morgan fingerprint density at radius 3 is 1.25 bits per heavy atom. The normalized spacial score (nSPS) is 19.8. The van der Waals surface area contributed by atoms with Crippen LogP contribution in [0, 0.1) is 0 Å². The summed E-state index contributed by atoms with van der Waals surface area (Å²) < 4.78 is 11.2. The Labute approximate surface area is 413 Å². The highest BCUT2D eigenvalue weighted by atomic mass is 16.7. The van der Waals surface area contributed by atoms with Gasteiger partial charge in [0, 0.05) is 6.42 Å². The van der Waals surface area contributed by atoms with E-state index in [1.807, 2.05) is 6.08 Å². The highest BCUT2D eigenvalue weighted by Gasteiger charge is 2.44. The number of nitrogens with one attached hydrogen (secondary N) is 1. The van der Waals surface area contributed by atoms with E-state index >= 15 is 0 Å². The number of amides is 1. The summed E-state index contributed by atoms with van der Waals surface area (Å²) in [6.07, 6.45) is 54.4. The summed E-state index contributed by atoms with van der Waals surface area (Å²) in [5.74, 6) is -0.184. The number of hydrogen-bond donors (Lipinski definition) is 6. The number of rotatable bonds is 50. The van der Waals surface area contributed by atoms with Crippen molar-refractivity contribution in [2.24, 2.45) is 0 Å². The SMILES string of the molecule is CCCCCC/C=C/CC/C=C/C(O)C(COC1OC(CO)C(O)C(O)C1O)NC(=O)CCCCCCCCCCCCCCCCCCCCCCCCCCCCCCCCCCCC. The van der Waals surface area contributed by atoms with E-state index < -0.39 is 49.5 Å². The Morgan fingerprint density at radius 2 is 0.851 bits per heavy atom. The van der Waals surface area contributed by atoms with Gasteiger partial charge in [0.1, 0.15) is 24.4 Å². The fourth-order valence-electron chi connectivity index (χ4n) is 9.41. The molecule has 396 valence electrons. The summed E-state index contributed by atoms with van der Waals surface area (Å²) in [7, 11) is 0. The van der Waals surface area contributed by atoms with Gasteiger partial charge in [-0.15, -0.1) is 0 Å². The molecule has 0 saturated carbocycles. The van der Waals surface area contributed by atoms with Crippen LogP contribution in [0.5, 0.6) is 0 Å². The lowest BCUT2D eigenvalue weighted by molar-refractivity contribution is -0.302. The van der Waals surface area contributed by atoms with Crippen molar-refractivity contribution >= 4 is 5.91 Å². The Morgan fingerprint density at radius 1 is 0.493 bits per heavy atom. The van der Waals surface area contributed by atoms with E-state index in [4.69, 9.17) is 9.47 Å². The molecule has 7 atom stereocenters. The molecule has 1 fully saturated rings. The Kier molecular flexibility index (Phi) is 45.9. The van der Waals surface area contributed by atoms with Crippen LogP contribution in [-0.2, 0) is 14.3 Å². The molecule has 1 aliphatic rings. The molecule has 1 heterocycles. The van der Waals surface area contributed by atoms with Crippen LogP contribution in [0.3, 0.4) is 0 Å². The molecule has 9 heteroatoms. The zero-order chi connectivity index (χ0) is 48.7. The molecule has 0 radical (unpaired) electrons. The summed E-state index contributed by atoms with van der Waals surface area (Å²) >= 11 is 0. The van der Waals surface area contributed by atoms with E-state index in [0.717, 1.165) is 38.5 Å². The van der Waals surface area contributed by atoms with E-state index in [2.05, 4.69) is 31.3 Å². The van der Waals surface area contributed by atoms with Gasteiger partial charge in [-0.3, -0.25) is 4.79 Å². The number of unbranched alkanes of at least 4 members (excludes halogenated alkanes) is 38. The number of ether oxygens (including phenoxy) is 2. The second-order valence-electron chi connectivity index (χ2n) is 20.4. The molecule has 0 aromatic rings. The fraction of sp³-hybridized carbons (Fsp3) is 0.914. The first-order chi connectivity index (χ1) is 32.8. The van der Waals surface area contributed by atoms with Crippen LogP contribution in [-0.4, -0.2) is 87.5 Å². The molecule has 0 aromatic carbocycles. The summed E-state index contributed by atoms with van der Waals surface area (Å²) in [5.41, 5.74) is 0. The predicted molar refractivity (Wildman–Crippen MR) is 281 cm³/mol. The molecule has 6 N–H and O–H groups in total. The zero-order valence-corrected chi connectivity index (χ0v) is 43.9. The molecule has 0 spiro atoms. The van der Waals surface area contributed by atoms with Crippen molar-refractivity contribution in [2.75, 3.05) is 13.2 Å². The van der Waals surface area contributed by atoms with Gasteiger partial charge < -0.3 is 40.3 Å². The lowest BCUT2D eigenvalue weighted by Crippen LogP contribution is -2.60. The molecule has 1 rings (SSSR count). The maximum absolute atomic E-state index is 13.0. The quantitative estimate of drug-likeness (QED) is 0.0261. The first-order valence-corrected chi connectivity index (χ1v) is 29.1. The highest BCUT2D eigenvalue weighted by molar-refractivity contribution is 5.76. The summed E-state index contributed by atoms with van der Waals surface area (Å²) in [6.45, 7) is 3.74. The average Bonchev–Trinajstić information content (AvgIpc) is 3.33.